The van der Waals surface area contributed by atoms with Gasteiger partial charge in [-0.25, -0.2) is 4.79 Å². The Labute approximate surface area is 135 Å². The molecular weight excluding hydrogens is 330 g/mol. The molecule has 2 rings (SSSR count). The normalized spacial score (nSPS) is 17.6. The first-order valence-corrected chi connectivity index (χ1v) is 8.36. The lowest BCUT2D eigenvalue weighted by Crippen LogP contribution is -2.52. The smallest absolute Gasteiger partial charge is 0.321 e. The van der Waals surface area contributed by atoms with Crippen LogP contribution in [-0.4, -0.2) is 48.1 Å². The molecular formula is C16H24BrN3O. The second-order valence-corrected chi connectivity index (χ2v) is 6.55. The van der Waals surface area contributed by atoms with Gasteiger partial charge >= 0.3 is 6.03 Å². The third-order valence-corrected chi connectivity index (χ3v) is 4.84. The molecule has 1 aromatic carbocycles. The minimum Gasteiger partial charge on any atom is -0.322 e. The fraction of sp³-hybridized carbons (Fsp3) is 0.562. The molecule has 4 nitrogen and oxygen atoms in total. The first-order chi connectivity index (χ1) is 10.0. The van der Waals surface area contributed by atoms with Crippen LogP contribution >= 0.6 is 15.9 Å². The lowest BCUT2D eigenvalue weighted by Gasteiger charge is -2.37. The second-order valence-electron chi connectivity index (χ2n) is 5.69. The van der Waals surface area contributed by atoms with Crippen LogP contribution in [0, 0.1) is 6.92 Å². The minimum atomic E-state index is -0.0108. The molecule has 0 radical (unpaired) electrons. The number of nitrogens with zero attached hydrogens (tertiary/aromatic N) is 2. The summed E-state index contributed by atoms with van der Waals surface area (Å²) in [6.45, 7) is 9.98. The van der Waals surface area contributed by atoms with E-state index in [9.17, 15) is 4.79 Å². The fourth-order valence-corrected chi connectivity index (χ4v) is 3.13. The fourth-order valence-electron chi connectivity index (χ4n) is 2.54. The quantitative estimate of drug-likeness (QED) is 0.898. The van der Waals surface area contributed by atoms with E-state index in [4.69, 9.17) is 0 Å². The first-order valence-electron chi connectivity index (χ1n) is 7.57. The van der Waals surface area contributed by atoms with Crippen molar-refractivity contribution in [3.63, 3.8) is 0 Å². The Morgan fingerprint density at radius 2 is 2.00 bits per heavy atom. The summed E-state index contributed by atoms with van der Waals surface area (Å²) >= 11 is 3.50. The predicted molar refractivity (Wildman–Crippen MR) is 90.8 cm³/mol. The molecule has 116 valence electrons. The number of urea groups is 1. The van der Waals surface area contributed by atoms with Crippen molar-refractivity contribution in [1.82, 2.24) is 9.80 Å². The molecule has 1 aliphatic rings. The van der Waals surface area contributed by atoms with E-state index in [1.165, 1.54) is 5.56 Å². The number of halogens is 1. The molecule has 1 aliphatic heterocycles. The number of aryl methyl sites for hydroxylation is 1. The second kappa shape index (κ2) is 7.27. The Hall–Kier alpha value is -1.07. The Kier molecular flexibility index (Phi) is 5.65. The summed E-state index contributed by atoms with van der Waals surface area (Å²) < 4.78 is 0.925. The van der Waals surface area contributed by atoms with Crippen molar-refractivity contribution in [3.05, 3.63) is 28.2 Å². The van der Waals surface area contributed by atoms with E-state index >= 15 is 0 Å². The van der Waals surface area contributed by atoms with E-state index in [0.717, 1.165) is 42.8 Å². The number of nitrogens with one attached hydrogen (secondary N) is 1. The van der Waals surface area contributed by atoms with Gasteiger partial charge in [-0.05, 0) is 53.9 Å². The van der Waals surface area contributed by atoms with Crippen LogP contribution in [0.15, 0.2) is 22.7 Å². The van der Waals surface area contributed by atoms with E-state index < -0.39 is 0 Å². The van der Waals surface area contributed by atoms with Gasteiger partial charge in [-0.2, -0.15) is 0 Å². The monoisotopic (exact) mass is 353 g/mol. The van der Waals surface area contributed by atoms with Crippen molar-refractivity contribution in [2.24, 2.45) is 0 Å². The van der Waals surface area contributed by atoms with E-state index in [1.807, 2.05) is 30.0 Å². The number of carbonyl (C=O) groups is 1. The molecule has 1 unspecified atom stereocenters. The van der Waals surface area contributed by atoms with Crippen LogP contribution in [0.1, 0.15) is 25.8 Å². The number of carbonyl (C=O) groups excluding carboxylic acids is 1. The lowest BCUT2D eigenvalue weighted by molar-refractivity contribution is 0.117. The molecule has 1 saturated heterocycles. The van der Waals surface area contributed by atoms with Crippen molar-refractivity contribution in [3.8, 4) is 0 Å². The van der Waals surface area contributed by atoms with Crippen molar-refractivity contribution in [2.45, 2.75) is 33.2 Å². The summed E-state index contributed by atoms with van der Waals surface area (Å²) in [5.41, 5.74) is 2.00. The number of amides is 2. The number of hydrogen-bond donors (Lipinski definition) is 1. The number of benzene rings is 1. The van der Waals surface area contributed by atoms with Gasteiger partial charge in [0, 0.05) is 36.7 Å². The SMILES string of the molecule is CCC(C)N1CCN(C(=O)Nc2ccc(C)cc2Br)CC1. The molecule has 0 aliphatic carbocycles. The maximum absolute atomic E-state index is 12.3. The maximum atomic E-state index is 12.3. The molecule has 1 atom stereocenters. The molecule has 5 heteroatoms. The summed E-state index contributed by atoms with van der Waals surface area (Å²) in [5.74, 6) is 0. The summed E-state index contributed by atoms with van der Waals surface area (Å²) in [6, 6.07) is 6.54. The standard InChI is InChI=1S/C16H24BrN3O/c1-4-13(3)19-7-9-20(10-8-19)16(21)18-15-6-5-12(2)11-14(15)17/h5-6,11,13H,4,7-10H2,1-3H3,(H,18,21). The molecule has 1 N–H and O–H groups in total. The highest BCUT2D eigenvalue weighted by molar-refractivity contribution is 9.10. The van der Waals surface area contributed by atoms with E-state index in [1.54, 1.807) is 0 Å². The van der Waals surface area contributed by atoms with Gasteiger partial charge in [0.25, 0.3) is 0 Å². The zero-order chi connectivity index (χ0) is 15.4. The van der Waals surface area contributed by atoms with Gasteiger partial charge in [-0.15, -0.1) is 0 Å². The van der Waals surface area contributed by atoms with Gasteiger partial charge in [-0.3, -0.25) is 4.90 Å². The van der Waals surface area contributed by atoms with Crippen molar-refractivity contribution in [2.75, 3.05) is 31.5 Å². The number of anilines is 1. The summed E-state index contributed by atoms with van der Waals surface area (Å²) in [4.78, 5) is 16.7. The maximum Gasteiger partial charge on any atom is 0.321 e. The molecule has 0 aromatic heterocycles. The summed E-state index contributed by atoms with van der Waals surface area (Å²) in [5, 5.41) is 2.99. The molecule has 0 bridgehead atoms. The summed E-state index contributed by atoms with van der Waals surface area (Å²) in [7, 11) is 0. The highest BCUT2D eigenvalue weighted by atomic mass is 79.9. The lowest BCUT2D eigenvalue weighted by atomic mass is 10.2. The molecule has 1 heterocycles. The number of hydrogen-bond acceptors (Lipinski definition) is 2. The van der Waals surface area contributed by atoms with Crippen molar-refractivity contribution in [1.29, 1.82) is 0 Å². The molecule has 2 amide bonds. The zero-order valence-corrected chi connectivity index (χ0v) is 14.6. The van der Waals surface area contributed by atoms with E-state index in [0.29, 0.717) is 6.04 Å². The van der Waals surface area contributed by atoms with Crippen LogP contribution in [0.4, 0.5) is 10.5 Å². The van der Waals surface area contributed by atoms with Crippen LogP contribution in [0.5, 0.6) is 0 Å². The summed E-state index contributed by atoms with van der Waals surface area (Å²) in [6.07, 6.45) is 1.16. The van der Waals surface area contributed by atoms with Crippen LogP contribution in [0.3, 0.4) is 0 Å². The molecule has 1 aromatic rings. The predicted octanol–water partition coefficient (Wildman–Crippen LogP) is 3.71. The average Bonchev–Trinajstić information content (AvgIpc) is 2.49. The minimum absolute atomic E-state index is 0.0108. The number of piperazine rings is 1. The highest BCUT2D eigenvalue weighted by Crippen LogP contribution is 2.23. The van der Waals surface area contributed by atoms with Crippen LogP contribution < -0.4 is 5.32 Å². The molecule has 21 heavy (non-hydrogen) atoms. The number of rotatable bonds is 3. The van der Waals surface area contributed by atoms with Crippen LogP contribution in [0.2, 0.25) is 0 Å². The van der Waals surface area contributed by atoms with Gasteiger partial charge < -0.3 is 10.2 Å². The van der Waals surface area contributed by atoms with Gasteiger partial charge in [0.2, 0.25) is 0 Å². The highest BCUT2D eigenvalue weighted by Gasteiger charge is 2.23. The Bertz CT molecular complexity index is 498. The van der Waals surface area contributed by atoms with Gasteiger partial charge in [-0.1, -0.05) is 13.0 Å². The first kappa shape index (κ1) is 16.3. The van der Waals surface area contributed by atoms with Gasteiger partial charge in [0.1, 0.15) is 0 Å². The Morgan fingerprint density at radius 1 is 1.33 bits per heavy atom. The average molecular weight is 354 g/mol. The Balaban J connectivity index is 1.90. The van der Waals surface area contributed by atoms with Crippen LogP contribution in [-0.2, 0) is 0 Å². The van der Waals surface area contributed by atoms with Gasteiger partial charge in [0.15, 0.2) is 0 Å². The largest absolute Gasteiger partial charge is 0.322 e. The molecule has 1 fully saturated rings. The van der Waals surface area contributed by atoms with E-state index in [2.05, 4.69) is 40.0 Å². The van der Waals surface area contributed by atoms with Crippen LogP contribution in [0.25, 0.3) is 0 Å². The van der Waals surface area contributed by atoms with E-state index in [-0.39, 0.29) is 6.03 Å². The third-order valence-electron chi connectivity index (χ3n) is 4.18. The zero-order valence-electron chi connectivity index (χ0n) is 13.0. The Morgan fingerprint density at radius 3 is 2.57 bits per heavy atom. The van der Waals surface area contributed by atoms with Gasteiger partial charge in [0.05, 0.1) is 5.69 Å². The molecule has 0 saturated carbocycles. The van der Waals surface area contributed by atoms with Crippen molar-refractivity contribution < 1.29 is 4.79 Å². The third kappa shape index (κ3) is 4.20. The topological polar surface area (TPSA) is 35.6 Å². The molecule has 0 spiro atoms. The van der Waals surface area contributed by atoms with Crippen molar-refractivity contribution >= 4 is 27.6 Å².